The number of ether oxygens (including phenoxy) is 1. The predicted molar refractivity (Wildman–Crippen MR) is 69.1 cm³/mol. The molecule has 1 aromatic rings. The first kappa shape index (κ1) is 14.6. The van der Waals surface area contributed by atoms with Crippen molar-refractivity contribution in [3.63, 3.8) is 0 Å². The van der Waals surface area contributed by atoms with Crippen molar-refractivity contribution in [1.82, 2.24) is 0 Å². The fourth-order valence-corrected chi connectivity index (χ4v) is 1.52. The Morgan fingerprint density at radius 3 is 2.41 bits per heavy atom. The molecule has 1 aromatic carbocycles. The second kappa shape index (κ2) is 7.05. The monoisotopic (exact) mass is 359 g/mol. The highest BCUT2D eigenvalue weighted by Crippen LogP contribution is 2.14. The van der Waals surface area contributed by atoms with Gasteiger partial charge in [-0.3, -0.25) is 0 Å². The summed E-state index contributed by atoms with van der Waals surface area (Å²) in [5.41, 5.74) is 0.959. The molecule has 1 rings (SSSR count). The molecule has 0 aliphatic heterocycles. The maximum atomic E-state index is 11.7. The third-order valence-corrected chi connectivity index (χ3v) is 2.62. The molecule has 0 saturated heterocycles. The summed E-state index contributed by atoms with van der Waals surface area (Å²) >= 11 is 2.21. The van der Waals surface area contributed by atoms with Gasteiger partial charge in [-0.15, -0.1) is 0 Å². The van der Waals surface area contributed by atoms with Crippen LogP contribution in [0.25, 0.3) is 0 Å². The van der Waals surface area contributed by atoms with E-state index in [1.54, 1.807) is 0 Å². The lowest BCUT2D eigenvalue weighted by atomic mass is 10.3. The van der Waals surface area contributed by atoms with Crippen LogP contribution >= 0.6 is 22.6 Å². The van der Waals surface area contributed by atoms with Crippen molar-refractivity contribution in [3.05, 3.63) is 27.8 Å². The number of anilines is 1. The van der Waals surface area contributed by atoms with Crippen molar-refractivity contribution < 1.29 is 17.9 Å². The fraction of sp³-hybridized carbons (Fsp3) is 0.455. The quantitative estimate of drug-likeness (QED) is 0.618. The van der Waals surface area contributed by atoms with Crippen LogP contribution in [-0.4, -0.2) is 25.9 Å². The lowest BCUT2D eigenvalue weighted by Gasteiger charge is -2.08. The summed E-state index contributed by atoms with van der Waals surface area (Å²) in [6.45, 7) is -0.466. The van der Waals surface area contributed by atoms with Gasteiger partial charge in [0.05, 0.1) is 0 Å². The van der Waals surface area contributed by atoms with Crippen LogP contribution in [0.15, 0.2) is 24.3 Å². The zero-order valence-electron chi connectivity index (χ0n) is 9.06. The van der Waals surface area contributed by atoms with Crippen LogP contribution in [0, 0.1) is 3.57 Å². The molecular weight excluding hydrogens is 346 g/mol. The van der Waals surface area contributed by atoms with E-state index in [4.69, 9.17) is 0 Å². The molecule has 0 unspecified atom stereocenters. The van der Waals surface area contributed by atoms with Crippen LogP contribution in [0.5, 0.6) is 0 Å². The Morgan fingerprint density at radius 1 is 1.18 bits per heavy atom. The third kappa shape index (κ3) is 7.43. The van der Waals surface area contributed by atoms with Crippen molar-refractivity contribution in [3.8, 4) is 0 Å². The molecule has 0 amide bonds. The number of benzene rings is 1. The first-order valence-electron chi connectivity index (χ1n) is 5.11. The molecule has 2 nitrogen and oxygen atoms in total. The Bertz CT molecular complexity index is 326. The van der Waals surface area contributed by atoms with E-state index in [2.05, 4.69) is 32.6 Å². The van der Waals surface area contributed by atoms with Crippen molar-refractivity contribution in [2.24, 2.45) is 0 Å². The molecular formula is C11H13F3INO. The number of rotatable bonds is 6. The van der Waals surface area contributed by atoms with Gasteiger partial charge in [0, 0.05) is 22.4 Å². The van der Waals surface area contributed by atoms with Crippen molar-refractivity contribution >= 4 is 28.3 Å². The smallest absolute Gasteiger partial charge is 0.385 e. The molecule has 17 heavy (non-hydrogen) atoms. The first-order chi connectivity index (χ1) is 7.97. The minimum Gasteiger partial charge on any atom is -0.385 e. The first-order valence-corrected chi connectivity index (χ1v) is 6.19. The molecule has 0 heterocycles. The van der Waals surface area contributed by atoms with Gasteiger partial charge >= 0.3 is 6.18 Å². The van der Waals surface area contributed by atoms with Gasteiger partial charge in [0.25, 0.3) is 0 Å². The van der Waals surface area contributed by atoms with Gasteiger partial charge in [0.15, 0.2) is 0 Å². The van der Waals surface area contributed by atoms with E-state index < -0.39 is 12.8 Å². The molecule has 1 N–H and O–H groups in total. The molecule has 0 aliphatic carbocycles. The van der Waals surface area contributed by atoms with Crippen molar-refractivity contribution in [1.29, 1.82) is 0 Å². The highest BCUT2D eigenvalue weighted by molar-refractivity contribution is 14.1. The maximum Gasteiger partial charge on any atom is 0.411 e. The van der Waals surface area contributed by atoms with Gasteiger partial charge in [-0.1, -0.05) is 0 Å². The van der Waals surface area contributed by atoms with Gasteiger partial charge in [-0.05, 0) is 53.3 Å². The van der Waals surface area contributed by atoms with Crippen molar-refractivity contribution in [2.45, 2.75) is 12.6 Å². The predicted octanol–water partition coefficient (Wildman–Crippen LogP) is 3.67. The lowest BCUT2D eigenvalue weighted by molar-refractivity contribution is -0.173. The summed E-state index contributed by atoms with van der Waals surface area (Å²) in [6.07, 6.45) is -3.69. The number of hydrogen-bond acceptors (Lipinski definition) is 2. The number of nitrogens with one attached hydrogen (secondary N) is 1. The molecule has 0 aromatic heterocycles. The number of hydrogen-bond donors (Lipinski definition) is 1. The zero-order valence-corrected chi connectivity index (χ0v) is 11.2. The Kier molecular flexibility index (Phi) is 6.04. The van der Waals surface area contributed by atoms with E-state index in [-0.39, 0.29) is 6.61 Å². The number of alkyl halides is 3. The normalized spacial score (nSPS) is 11.5. The topological polar surface area (TPSA) is 21.3 Å². The van der Waals surface area contributed by atoms with Crippen molar-refractivity contribution in [2.75, 3.05) is 25.1 Å². The summed E-state index contributed by atoms with van der Waals surface area (Å²) in [6, 6.07) is 7.78. The van der Waals surface area contributed by atoms with E-state index >= 15 is 0 Å². The Labute approximate surface area is 112 Å². The molecule has 96 valence electrons. The summed E-state index contributed by atoms with van der Waals surface area (Å²) < 4.78 is 40.8. The summed E-state index contributed by atoms with van der Waals surface area (Å²) in [5.74, 6) is 0. The van der Waals surface area contributed by atoms with Gasteiger partial charge < -0.3 is 10.1 Å². The molecule has 6 heteroatoms. The average molecular weight is 359 g/mol. The standard InChI is InChI=1S/C11H13F3INO/c12-11(13,14)8-17-7-1-6-16-10-4-2-9(15)3-5-10/h2-5,16H,1,6-8H2. The lowest BCUT2D eigenvalue weighted by Crippen LogP contribution is -2.18. The fourth-order valence-electron chi connectivity index (χ4n) is 1.16. The maximum absolute atomic E-state index is 11.7. The van der Waals surface area contributed by atoms with E-state index in [0.29, 0.717) is 13.0 Å². The number of halogens is 4. The molecule has 0 bridgehead atoms. The minimum atomic E-state index is -4.23. The largest absolute Gasteiger partial charge is 0.411 e. The van der Waals surface area contributed by atoms with Gasteiger partial charge in [0.1, 0.15) is 6.61 Å². The van der Waals surface area contributed by atoms with Crippen LogP contribution in [0.3, 0.4) is 0 Å². The Morgan fingerprint density at radius 2 is 1.82 bits per heavy atom. The highest BCUT2D eigenvalue weighted by Gasteiger charge is 2.27. The van der Waals surface area contributed by atoms with Crippen LogP contribution in [0.1, 0.15) is 6.42 Å². The summed E-state index contributed by atoms with van der Waals surface area (Å²) in [7, 11) is 0. The molecule has 0 aliphatic rings. The van der Waals surface area contributed by atoms with E-state index in [1.165, 1.54) is 0 Å². The minimum absolute atomic E-state index is 0.108. The second-order valence-corrected chi connectivity index (χ2v) is 4.70. The Hall–Kier alpha value is -0.500. The van der Waals surface area contributed by atoms with Gasteiger partial charge in [-0.2, -0.15) is 13.2 Å². The van der Waals surface area contributed by atoms with Crippen LogP contribution in [0.4, 0.5) is 18.9 Å². The molecule has 0 spiro atoms. The molecule has 0 radical (unpaired) electrons. The summed E-state index contributed by atoms with van der Waals surface area (Å²) in [4.78, 5) is 0. The van der Waals surface area contributed by atoms with E-state index in [1.807, 2.05) is 24.3 Å². The average Bonchev–Trinajstić information content (AvgIpc) is 2.24. The molecule has 0 saturated carbocycles. The highest BCUT2D eigenvalue weighted by atomic mass is 127. The second-order valence-electron chi connectivity index (χ2n) is 3.45. The Balaban J connectivity index is 2.07. The SMILES string of the molecule is FC(F)(F)COCCCNc1ccc(I)cc1. The van der Waals surface area contributed by atoms with Crippen LogP contribution in [-0.2, 0) is 4.74 Å². The zero-order chi connectivity index (χ0) is 12.7. The molecule has 0 atom stereocenters. The molecule has 0 fully saturated rings. The third-order valence-electron chi connectivity index (χ3n) is 1.90. The van der Waals surface area contributed by atoms with Gasteiger partial charge in [-0.25, -0.2) is 0 Å². The summed E-state index contributed by atoms with van der Waals surface area (Å²) in [5, 5.41) is 3.10. The van der Waals surface area contributed by atoms with Crippen LogP contribution in [0.2, 0.25) is 0 Å². The van der Waals surface area contributed by atoms with E-state index in [0.717, 1.165) is 9.26 Å². The van der Waals surface area contributed by atoms with Crippen LogP contribution < -0.4 is 5.32 Å². The van der Waals surface area contributed by atoms with Gasteiger partial charge in [0.2, 0.25) is 0 Å². The van der Waals surface area contributed by atoms with E-state index in [9.17, 15) is 13.2 Å².